The zero-order chi connectivity index (χ0) is 12.4. The lowest BCUT2D eigenvalue weighted by atomic mass is 10.1. The van der Waals surface area contributed by atoms with E-state index in [-0.39, 0.29) is 6.04 Å². The van der Waals surface area contributed by atoms with Crippen molar-refractivity contribution in [3.63, 3.8) is 0 Å². The van der Waals surface area contributed by atoms with Crippen LogP contribution in [0.3, 0.4) is 0 Å². The second-order valence-corrected chi connectivity index (χ2v) is 5.45. The molecule has 1 aromatic heterocycles. The Hall–Kier alpha value is -1.13. The van der Waals surface area contributed by atoms with Gasteiger partial charge < -0.3 is 10.5 Å². The number of thiazole rings is 1. The summed E-state index contributed by atoms with van der Waals surface area (Å²) in [5.41, 5.74) is 7.12. The molecular weight excluding hydrogens is 232 g/mol. The third kappa shape index (κ3) is 2.58. The van der Waals surface area contributed by atoms with Crippen LogP contribution < -0.4 is 10.5 Å². The second-order valence-electron chi connectivity index (χ2n) is 4.38. The Bertz CT molecular complexity index is 507. The highest BCUT2D eigenvalue weighted by molar-refractivity contribution is 7.18. The minimum atomic E-state index is 0.0166. The topological polar surface area (TPSA) is 48.1 Å². The molecule has 0 amide bonds. The van der Waals surface area contributed by atoms with Crippen molar-refractivity contribution in [1.29, 1.82) is 0 Å². The lowest BCUT2D eigenvalue weighted by Gasteiger charge is -2.11. The molecule has 2 aromatic rings. The largest absolute Gasteiger partial charge is 0.494 e. The molecule has 1 heterocycles. The van der Waals surface area contributed by atoms with Crippen LogP contribution in [0.2, 0.25) is 0 Å². The number of nitrogens with zero attached hydrogens (tertiary/aromatic N) is 1. The molecule has 1 aromatic carbocycles. The van der Waals surface area contributed by atoms with Crippen molar-refractivity contribution in [2.75, 3.05) is 6.61 Å². The van der Waals surface area contributed by atoms with Gasteiger partial charge in [0.25, 0.3) is 0 Å². The molecule has 0 saturated carbocycles. The fraction of sp³-hybridized carbons (Fsp3) is 0.462. The van der Waals surface area contributed by atoms with E-state index >= 15 is 0 Å². The van der Waals surface area contributed by atoms with Crippen LogP contribution >= 0.6 is 11.3 Å². The second kappa shape index (κ2) is 5.02. The number of benzene rings is 1. The van der Waals surface area contributed by atoms with Gasteiger partial charge in [-0.15, -0.1) is 11.3 Å². The van der Waals surface area contributed by atoms with Gasteiger partial charge in [0, 0.05) is 0 Å². The predicted molar refractivity (Wildman–Crippen MR) is 72.6 cm³/mol. The molecule has 0 saturated heterocycles. The van der Waals surface area contributed by atoms with Crippen molar-refractivity contribution in [2.45, 2.75) is 26.8 Å². The Morgan fingerprint density at radius 3 is 2.82 bits per heavy atom. The van der Waals surface area contributed by atoms with E-state index in [2.05, 4.69) is 18.8 Å². The molecule has 17 heavy (non-hydrogen) atoms. The Labute approximate surface area is 106 Å². The highest BCUT2D eigenvalue weighted by atomic mass is 32.1. The highest BCUT2D eigenvalue weighted by Gasteiger charge is 2.15. The summed E-state index contributed by atoms with van der Waals surface area (Å²) in [7, 11) is 0. The molecule has 1 atom stereocenters. The summed E-state index contributed by atoms with van der Waals surface area (Å²) in [5, 5.41) is 1.00. The maximum absolute atomic E-state index is 6.12. The summed E-state index contributed by atoms with van der Waals surface area (Å²) in [4.78, 5) is 4.57. The Balaban J connectivity index is 2.36. The molecule has 3 nitrogen and oxygen atoms in total. The van der Waals surface area contributed by atoms with Gasteiger partial charge in [0.1, 0.15) is 10.8 Å². The van der Waals surface area contributed by atoms with Gasteiger partial charge >= 0.3 is 0 Å². The number of ether oxygens (including phenoxy) is 1. The maximum atomic E-state index is 6.12. The van der Waals surface area contributed by atoms with E-state index in [0.717, 1.165) is 21.0 Å². The van der Waals surface area contributed by atoms with Crippen molar-refractivity contribution in [1.82, 2.24) is 4.98 Å². The van der Waals surface area contributed by atoms with Crippen LogP contribution in [0.15, 0.2) is 18.2 Å². The van der Waals surface area contributed by atoms with E-state index in [4.69, 9.17) is 10.5 Å². The molecule has 2 rings (SSSR count). The number of hydrogen-bond acceptors (Lipinski definition) is 4. The van der Waals surface area contributed by atoms with Crippen LogP contribution in [-0.2, 0) is 0 Å². The standard InChI is InChI=1S/C13H18N2OS/c1-4-16-9-5-6-10-11(7-9)17-13(15-10)12(14)8(2)3/h5-8,12H,4,14H2,1-3H3. The van der Waals surface area contributed by atoms with E-state index in [0.29, 0.717) is 12.5 Å². The first-order valence-corrected chi connectivity index (χ1v) is 6.72. The lowest BCUT2D eigenvalue weighted by molar-refractivity contribution is 0.341. The average Bonchev–Trinajstić information content (AvgIpc) is 2.71. The van der Waals surface area contributed by atoms with Crippen LogP contribution in [0.1, 0.15) is 31.8 Å². The van der Waals surface area contributed by atoms with Crippen LogP contribution in [0.25, 0.3) is 10.2 Å². The van der Waals surface area contributed by atoms with Gasteiger partial charge in [-0.2, -0.15) is 0 Å². The fourth-order valence-electron chi connectivity index (χ4n) is 1.61. The summed E-state index contributed by atoms with van der Waals surface area (Å²) in [6.45, 7) is 6.89. The van der Waals surface area contributed by atoms with Crippen molar-refractivity contribution >= 4 is 21.6 Å². The summed E-state index contributed by atoms with van der Waals surface area (Å²) in [6.07, 6.45) is 0. The number of rotatable bonds is 4. The van der Waals surface area contributed by atoms with Gasteiger partial charge in [0.05, 0.1) is 22.9 Å². The minimum Gasteiger partial charge on any atom is -0.494 e. The van der Waals surface area contributed by atoms with Gasteiger partial charge in [-0.1, -0.05) is 13.8 Å². The molecule has 1 unspecified atom stereocenters. The van der Waals surface area contributed by atoms with Gasteiger partial charge in [0.15, 0.2) is 0 Å². The fourth-order valence-corrected chi connectivity index (χ4v) is 2.78. The van der Waals surface area contributed by atoms with Crippen LogP contribution in [0, 0.1) is 5.92 Å². The number of fused-ring (bicyclic) bond motifs is 1. The molecule has 0 fully saturated rings. The van der Waals surface area contributed by atoms with Crippen LogP contribution in [0.4, 0.5) is 0 Å². The maximum Gasteiger partial charge on any atom is 0.120 e. The highest BCUT2D eigenvalue weighted by Crippen LogP contribution is 2.31. The molecule has 0 bridgehead atoms. The molecule has 0 spiro atoms. The Morgan fingerprint density at radius 2 is 2.18 bits per heavy atom. The summed E-state index contributed by atoms with van der Waals surface area (Å²) < 4.78 is 6.62. The SMILES string of the molecule is CCOc1ccc2nc(C(N)C(C)C)sc2c1. The molecule has 0 aliphatic carbocycles. The molecule has 0 aliphatic rings. The lowest BCUT2D eigenvalue weighted by Crippen LogP contribution is -2.16. The molecule has 0 radical (unpaired) electrons. The van der Waals surface area contributed by atoms with Gasteiger partial charge in [0.2, 0.25) is 0 Å². The molecule has 92 valence electrons. The van der Waals surface area contributed by atoms with Gasteiger partial charge in [-0.25, -0.2) is 4.98 Å². The monoisotopic (exact) mass is 250 g/mol. The first kappa shape index (κ1) is 12.3. The van der Waals surface area contributed by atoms with E-state index in [1.54, 1.807) is 11.3 Å². The number of aromatic nitrogens is 1. The normalized spacial score (nSPS) is 13.2. The Morgan fingerprint density at radius 1 is 1.41 bits per heavy atom. The van der Waals surface area contributed by atoms with Crippen LogP contribution in [-0.4, -0.2) is 11.6 Å². The van der Waals surface area contributed by atoms with Gasteiger partial charge in [-0.05, 0) is 31.0 Å². The minimum absolute atomic E-state index is 0.0166. The third-order valence-corrected chi connectivity index (χ3v) is 3.81. The Kier molecular flexibility index (Phi) is 3.64. The quantitative estimate of drug-likeness (QED) is 0.905. The molecule has 0 aliphatic heterocycles. The van der Waals surface area contributed by atoms with E-state index in [1.165, 1.54) is 0 Å². The van der Waals surface area contributed by atoms with E-state index < -0.39 is 0 Å². The molecular formula is C13H18N2OS. The van der Waals surface area contributed by atoms with Gasteiger partial charge in [-0.3, -0.25) is 0 Å². The number of nitrogens with two attached hydrogens (primary N) is 1. The summed E-state index contributed by atoms with van der Waals surface area (Å²) in [5.74, 6) is 1.30. The predicted octanol–water partition coefficient (Wildman–Crippen LogP) is 3.35. The van der Waals surface area contributed by atoms with Crippen molar-refractivity contribution < 1.29 is 4.74 Å². The molecule has 2 N–H and O–H groups in total. The number of hydrogen-bond donors (Lipinski definition) is 1. The third-order valence-electron chi connectivity index (χ3n) is 2.69. The summed E-state index contributed by atoms with van der Waals surface area (Å²) in [6, 6.07) is 6.00. The molecule has 4 heteroatoms. The smallest absolute Gasteiger partial charge is 0.120 e. The first-order valence-electron chi connectivity index (χ1n) is 5.90. The summed E-state index contributed by atoms with van der Waals surface area (Å²) >= 11 is 1.66. The zero-order valence-electron chi connectivity index (χ0n) is 10.4. The van der Waals surface area contributed by atoms with Crippen LogP contribution in [0.5, 0.6) is 5.75 Å². The van der Waals surface area contributed by atoms with E-state index in [1.807, 2.05) is 25.1 Å². The average molecular weight is 250 g/mol. The van der Waals surface area contributed by atoms with Crippen molar-refractivity contribution in [3.8, 4) is 5.75 Å². The first-order chi connectivity index (χ1) is 8.11. The van der Waals surface area contributed by atoms with Crippen molar-refractivity contribution in [3.05, 3.63) is 23.2 Å². The zero-order valence-corrected chi connectivity index (χ0v) is 11.3. The van der Waals surface area contributed by atoms with Crippen molar-refractivity contribution in [2.24, 2.45) is 11.7 Å². The van der Waals surface area contributed by atoms with E-state index in [9.17, 15) is 0 Å².